The summed E-state index contributed by atoms with van der Waals surface area (Å²) in [5.74, 6) is 0. The quantitative estimate of drug-likeness (QED) is 0.830. The van der Waals surface area contributed by atoms with Crippen molar-refractivity contribution in [1.82, 2.24) is 10.6 Å². The first kappa shape index (κ1) is 11.2. The average molecular weight is 230 g/mol. The third-order valence-corrected chi connectivity index (χ3v) is 4.45. The van der Waals surface area contributed by atoms with Crippen LogP contribution in [0.2, 0.25) is 0 Å². The maximum Gasteiger partial charge on any atom is 0.0173 e. The van der Waals surface area contributed by atoms with Crippen LogP contribution in [0.5, 0.6) is 0 Å². The predicted octanol–water partition coefficient (Wildman–Crippen LogP) is 2.06. The van der Waals surface area contributed by atoms with E-state index in [1.54, 1.807) is 0 Å². The van der Waals surface area contributed by atoms with E-state index in [1.807, 2.05) is 0 Å². The largest absolute Gasteiger partial charge is 0.317 e. The Morgan fingerprint density at radius 1 is 1.18 bits per heavy atom. The van der Waals surface area contributed by atoms with Crippen LogP contribution in [-0.2, 0) is 5.41 Å². The SMILES string of the molecule is C[C@]1(c2ccccc2)CC1NC1CCNCC1. The summed E-state index contributed by atoms with van der Waals surface area (Å²) in [7, 11) is 0. The molecule has 2 atom stereocenters. The second-order valence-electron chi connectivity index (χ2n) is 5.73. The van der Waals surface area contributed by atoms with Crippen LogP contribution in [0, 0.1) is 0 Å². The highest BCUT2D eigenvalue weighted by molar-refractivity contribution is 5.34. The van der Waals surface area contributed by atoms with Crippen molar-refractivity contribution in [3.05, 3.63) is 35.9 Å². The minimum Gasteiger partial charge on any atom is -0.317 e. The van der Waals surface area contributed by atoms with Gasteiger partial charge >= 0.3 is 0 Å². The summed E-state index contributed by atoms with van der Waals surface area (Å²) in [5, 5.41) is 7.26. The molecule has 0 bridgehead atoms. The zero-order valence-corrected chi connectivity index (χ0v) is 10.6. The van der Waals surface area contributed by atoms with Crippen LogP contribution in [0.4, 0.5) is 0 Å². The molecule has 2 heteroatoms. The summed E-state index contributed by atoms with van der Waals surface area (Å²) in [4.78, 5) is 0. The van der Waals surface area contributed by atoms with Gasteiger partial charge in [-0.05, 0) is 37.9 Å². The lowest BCUT2D eigenvalue weighted by molar-refractivity contribution is 0.376. The fraction of sp³-hybridized carbons (Fsp3) is 0.600. The van der Waals surface area contributed by atoms with Crippen molar-refractivity contribution in [1.29, 1.82) is 0 Å². The summed E-state index contributed by atoms with van der Waals surface area (Å²) < 4.78 is 0. The molecule has 2 nitrogen and oxygen atoms in total. The molecular formula is C15H22N2. The van der Waals surface area contributed by atoms with Crippen LogP contribution in [0.1, 0.15) is 31.7 Å². The van der Waals surface area contributed by atoms with Crippen molar-refractivity contribution >= 4 is 0 Å². The van der Waals surface area contributed by atoms with Crippen LogP contribution < -0.4 is 10.6 Å². The molecule has 17 heavy (non-hydrogen) atoms. The van der Waals surface area contributed by atoms with Gasteiger partial charge < -0.3 is 10.6 Å². The van der Waals surface area contributed by atoms with E-state index in [-0.39, 0.29) is 0 Å². The van der Waals surface area contributed by atoms with Crippen molar-refractivity contribution in [2.45, 2.75) is 43.7 Å². The first-order valence-corrected chi connectivity index (χ1v) is 6.81. The summed E-state index contributed by atoms with van der Waals surface area (Å²) in [6.07, 6.45) is 3.85. The smallest absolute Gasteiger partial charge is 0.0173 e. The summed E-state index contributed by atoms with van der Waals surface area (Å²) in [6.45, 7) is 4.74. The minimum atomic E-state index is 0.381. The minimum absolute atomic E-state index is 0.381. The maximum atomic E-state index is 3.84. The Kier molecular flexibility index (Phi) is 2.93. The number of nitrogens with one attached hydrogen (secondary N) is 2. The first-order valence-electron chi connectivity index (χ1n) is 6.81. The van der Waals surface area contributed by atoms with Gasteiger partial charge in [0.25, 0.3) is 0 Å². The number of hydrogen-bond acceptors (Lipinski definition) is 2. The van der Waals surface area contributed by atoms with Crippen molar-refractivity contribution in [3.63, 3.8) is 0 Å². The topological polar surface area (TPSA) is 24.1 Å². The van der Waals surface area contributed by atoms with Gasteiger partial charge in [-0.15, -0.1) is 0 Å². The van der Waals surface area contributed by atoms with Crippen LogP contribution in [0.25, 0.3) is 0 Å². The monoisotopic (exact) mass is 230 g/mol. The van der Waals surface area contributed by atoms with Gasteiger partial charge in [-0.1, -0.05) is 37.3 Å². The van der Waals surface area contributed by atoms with Crippen LogP contribution in [-0.4, -0.2) is 25.2 Å². The Bertz CT molecular complexity index is 370. The molecule has 1 unspecified atom stereocenters. The molecule has 1 heterocycles. The molecule has 0 spiro atoms. The van der Waals surface area contributed by atoms with Crippen molar-refractivity contribution in [2.75, 3.05) is 13.1 Å². The molecule has 2 aliphatic rings. The molecule has 0 aromatic heterocycles. The zero-order chi connectivity index (χ0) is 11.7. The fourth-order valence-electron chi connectivity index (χ4n) is 3.02. The molecule has 3 rings (SSSR count). The highest BCUT2D eigenvalue weighted by Crippen LogP contribution is 2.48. The Morgan fingerprint density at radius 3 is 2.59 bits per heavy atom. The standard InChI is InChI=1S/C15H22N2/c1-15(12-5-3-2-4-6-12)11-14(15)17-13-7-9-16-10-8-13/h2-6,13-14,16-17H,7-11H2,1H3/t14?,15-/m1/s1. The Hall–Kier alpha value is -0.860. The molecule has 1 saturated carbocycles. The number of hydrogen-bond donors (Lipinski definition) is 2. The molecule has 1 aromatic carbocycles. The van der Waals surface area contributed by atoms with Crippen molar-refractivity contribution < 1.29 is 0 Å². The molecular weight excluding hydrogens is 208 g/mol. The highest BCUT2D eigenvalue weighted by Gasteiger charge is 2.51. The van der Waals surface area contributed by atoms with Crippen molar-refractivity contribution in [2.24, 2.45) is 0 Å². The van der Waals surface area contributed by atoms with Gasteiger partial charge in [0.05, 0.1) is 0 Å². The number of rotatable bonds is 3. The molecule has 1 aliphatic carbocycles. The van der Waals surface area contributed by atoms with E-state index < -0.39 is 0 Å². The molecule has 1 aliphatic heterocycles. The molecule has 2 N–H and O–H groups in total. The van der Waals surface area contributed by atoms with E-state index >= 15 is 0 Å². The summed E-state index contributed by atoms with van der Waals surface area (Å²) in [5.41, 5.74) is 1.87. The summed E-state index contributed by atoms with van der Waals surface area (Å²) >= 11 is 0. The Labute approximate surface area is 104 Å². The number of piperidine rings is 1. The van der Waals surface area contributed by atoms with Crippen LogP contribution in [0.15, 0.2) is 30.3 Å². The van der Waals surface area contributed by atoms with Gasteiger partial charge in [-0.2, -0.15) is 0 Å². The molecule has 2 fully saturated rings. The van der Waals surface area contributed by atoms with E-state index in [4.69, 9.17) is 0 Å². The van der Waals surface area contributed by atoms with Gasteiger partial charge in [0, 0.05) is 17.5 Å². The van der Waals surface area contributed by atoms with E-state index in [2.05, 4.69) is 47.9 Å². The lowest BCUT2D eigenvalue weighted by atomic mass is 9.97. The second-order valence-corrected chi connectivity index (χ2v) is 5.73. The molecule has 1 saturated heterocycles. The lowest BCUT2D eigenvalue weighted by Crippen LogP contribution is -2.42. The molecule has 1 aromatic rings. The van der Waals surface area contributed by atoms with E-state index in [0.29, 0.717) is 11.5 Å². The first-order chi connectivity index (χ1) is 8.29. The average Bonchev–Trinajstić information content (AvgIpc) is 3.04. The fourth-order valence-corrected chi connectivity index (χ4v) is 3.02. The van der Waals surface area contributed by atoms with Gasteiger partial charge in [0.15, 0.2) is 0 Å². The second kappa shape index (κ2) is 4.43. The van der Waals surface area contributed by atoms with E-state index in [0.717, 1.165) is 6.04 Å². The van der Waals surface area contributed by atoms with Gasteiger partial charge in [-0.25, -0.2) is 0 Å². The molecule has 0 radical (unpaired) electrons. The van der Waals surface area contributed by atoms with Gasteiger partial charge in [0.1, 0.15) is 0 Å². The third kappa shape index (κ3) is 2.24. The Morgan fingerprint density at radius 2 is 1.88 bits per heavy atom. The van der Waals surface area contributed by atoms with Gasteiger partial charge in [-0.3, -0.25) is 0 Å². The highest BCUT2D eigenvalue weighted by atomic mass is 15.0. The summed E-state index contributed by atoms with van der Waals surface area (Å²) in [6, 6.07) is 12.4. The molecule has 92 valence electrons. The van der Waals surface area contributed by atoms with Gasteiger partial charge in [0.2, 0.25) is 0 Å². The van der Waals surface area contributed by atoms with E-state index in [9.17, 15) is 0 Å². The normalized spacial score (nSPS) is 33.6. The predicted molar refractivity (Wildman–Crippen MR) is 71.2 cm³/mol. The third-order valence-electron chi connectivity index (χ3n) is 4.45. The number of benzene rings is 1. The Balaban J connectivity index is 1.61. The van der Waals surface area contributed by atoms with Crippen LogP contribution >= 0.6 is 0 Å². The lowest BCUT2D eigenvalue weighted by Gasteiger charge is -2.25. The van der Waals surface area contributed by atoms with E-state index in [1.165, 1.54) is 37.9 Å². The van der Waals surface area contributed by atoms with Crippen molar-refractivity contribution in [3.8, 4) is 0 Å². The zero-order valence-electron chi connectivity index (χ0n) is 10.6. The maximum absolute atomic E-state index is 3.84. The molecule has 0 amide bonds. The van der Waals surface area contributed by atoms with Crippen LogP contribution in [0.3, 0.4) is 0 Å².